The van der Waals surface area contributed by atoms with Crippen LogP contribution in [0.25, 0.3) is 27.2 Å². The largest absolute Gasteiger partial charge is 0.468 e. The van der Waals surface area contributed by atoms with E-state index in [-0.39, 0.29) is 26.9 Å². The van der Waals surface area contributed by atoms with E-state index in [0.717, 1.165) is 52.5 Å². The highest BCUT2D eigenvalue weighted by Gasteiger charge is 2.32. The van der Waals surface area contributed by atoms with Crippen LogP contribution in [0.3, 0.4) is 0 Å². The smallest absolute Gasteiger partial charge is 0.417 e. The number of hydrogen-bond donors (Lipinski definition) is 1. The van der Waals surface area contributed by atoms with Gasteiger partial charge in [-0.15, -0.1) is 0 Å². The second-order valence-electron chi connectivity index (χ2n) is 6.78. The van der Waals surface area contributed by atoms with E-state index in [9.17, 15) is 22.8 Å². The zero-order chi connectivity index (χ0) is 22.9. The maximum Gasteiger partial charge on any atom is 0.417 e. The van der Waals surface area contributed by atoms with Crippen molar-refractivity contribution in [1.29, 1.82) is 0 Å². The summed E-state index contributed by atoms with van der Waals surface area (Å²) in [6.07, 6.45) is -0.906. The summed E-state index contributed by atoms with van der Waals surface area (Å²) in [6.45, 7) is 2.08. The normalized spacial score (nSPS) is 12.9. The van der Waals surface area contributed by atoms with Gasteiger partial charge in [0.1, 0.15) is 0 Å². The van der Waals surface area contributed by atoms with Crippen LogP contribution in [-0.2, 0) is 15.7 Å². The third-order valence-corrected chi connectivity index (χ3v) is 6.21. The number of methoxy groups -OCH3 is 1. The quantitative estimate of drug-likeness (QED) is 0.286. The molecule has 11 heteroatoms. The number of thiazole rings is 1. The van der Waals surface area contributed by atoms with Crippen LogP contribution in [0.15, 0.2) is 29.2 Å². The van der Waals surface area contributed by atoms with Crippen LogP contribution in [0.4, 0.5) is 13.2 Å². The lowest BCUT2D eigenvalue weighted by atomic mass is 10.2. The average molecular weight is 491 g/mol. The van der Waals surface area contributed by atoms with Crippen LogP contribution < -0.4 is 4.87 Å². The molecule has 0 saturated carbocycles. The van der Waals surface area contributed by atoms with E-state index in [2.05, 4.69) is 29.3 Å². The molecule has 0 bridgehead atoms. The first-order valence-electron chi connectivity index (χ1n) is 9.27. The Morgan fingerprint density at radius 3 is 2.65 bits per heavy atom. The zero-order valence-corrected chi connectivity index (χ0v) is 19.0. The van der Waals surface area contributed by atoms with Crippen LogP contribution in [0.2, 0.25) is 5.02 Å². The summed E-state index contributed by atoms with van der Waals surface area (Å²) in [6, 6.07) is 4.54. The third-order valence-electron chi connectivity index (χ3n) is 4.57. The lowest BCUT2D eigenvalue weighted by molar-refractivity contribution is -0.140. The van der Waals surface area contributed by atoms with Crippen LogP contribution >= 0.6 is 35.6 Å². The Balaban J connectivity index is 0.000000233. The lowest BCUT2D eigenvalue weighted by Crippen LogP contribution is -2.15. The molecular weight excluding hydrogens is 473 g/mol. The molecule has 0 N–H and O–H groups in total. The van der Waals surface area contributed by atoms with Gasteiger partial charge in [-0.3, -0.25) is 9.59 Å². The van der Waals surface area contributed by atoms with E-state index in [0.29, 0.717) is 11.7 Å². The summed E-state index contributed by atoms with van der Waals surface area (Å²) in [5, 5.41) is -0.438. The number of carbonyl (C=O) groups excluding carboxylic acids is 1. The van der Waals surface area contributed by atoms with Gasteiger partial charge in [0.05, 0.1) is 33.2 Å². The number of halogens is 4. The molecule has 0 aliphatic heterocycles. The molecule has 0 aromatic carbocycles. The first-order chi connectivity index (χ1) is 14.6. The Kier molecular flexibility index (Phi) is 7.02. The number of ether oxygens (including phenoxy) is 1. The van der Waals surface area contributed by atoms with Crippen molar-refractivity contribution in [3.63, 3.8) is 0 Å². The first kappa shape index (κ1) is 23.6. The molecule has 4 rings (SSSR count). The Morgan fingerprint density at radius 1 is 1.35 bits per heavy atom. The van der Waals surface area contributed by atoms with Gasteiger partial charge in [-0.2, -0.15) is 25.8 Å². The molecule has 0 fully saturated rings. The molecule has 166 valence electrons. The minimum absolute atomic E-state index is 0.0228. The van der Waals surface area contributed by atoms with E-state index in [1.54, 1.807) is 0 Å². The highest BCUT2D eigenvalue weighted by molar-refractivity contribution is 7.81. The molecule has 31 heavy (non-hydrogen) atoms. The molecular formula is C20H18ClF3N2O3S2. The van der Waals surface area contributed by atoms with Crippen LogP contribution in [-0.4, -0.2) is 27.9 Å². The van der Waals surface area contributed by atoms with Crippen LogP contribution in [0, 0.1) is 0 Å². The topological polar surface area (TPSA) is 61.2 Å². The summed E-state index contributed by atoms with van der Waals surface area (Å²) in [5.41, 5.74) is 1.67. The number of hydrogen-bond acceptors (Lipinski definition) is 6. The predicted octanol–water partition coefficient (Wildman–Crippen LogP) is 5.75. The minimum Gasteiger partial charge on any atom is -0.468 e. The van der Waals surface area contributed by atoms with Gasteiger partial charge in [0.15, 0.2) is 5.82 Å². The number of esters is 1. The number of alkyl halides is 3. The number of aromatic nitrogens is 2. The van der Waals surface area contributed by atoms with E-state index in [1.807, 2.05) is 12.1 Å². The Bertz CT molecular complexity index is 1190. The second kappa shape index (κ2) is 9.22. The summed E-state index contributed by atoms with van der Waals surface area (Å²) in [7, 11) is 1.39. The van der Waals surface area contributed by atoms with E-state index >= 15 is 0 Å². The van der Waals surface area contributed by atoms with Crippen molar-refractivity contribution >= 4 is 51.8 Å². The number of thiol groups is 1. The molecule has 1 atom stereocenters. The Morgan fingerprint density at radius 2 is 2.06 bits per heavy atom. The predicted molar refractivity (Wildman–Crippen MR) is 119 cm³/mol. The Labute approximate surface area is 190 Å². The minimum atomic E-state index is -4.52. The fourth-order valence-electron chi connectivity index (χ4n) is 2.92. The van der Waals surface area contributed by atoms with Gasteiger partial charge < -0.3 is 4.74 Å². The maximum absolute atomic E-state index is 12.6. The third kappa shape index (κ3) is 5.07. The number of pyridine rings is 1. The standard InChI is InChI=1S/C13H4ClF3N2OS.C7H14O2S/c14-8-3-6(13(15,16)17)4-18-11(8)19-10-7-1-5(7)2-9(10)21-12(19)20;1-3-4-5-6(10)7(8)9-2/h1-4H;6,10H,3-5H2,1-2H3. The second-order valence-corrected chi connectivity index (χ2v) is 8.81. The Hall–Kier alpha value is -2.04. The highest BCUT2D eigenvalue weighted by atomic mass is 35.5. The monoisotopic (exact) mass is 490 g/mol. The van der Waals surface area contributed by atoms with Gasteiger partial charge in [0, 0.05) is 11.8 Å². The number of benzene rings is 1. The van der Waals surface area contributed by atoms with E-state index < -0.39 is 11.7 Å². The van der Waals surface area contributed by atoms with Gasteiger partial charge >= 0.3 is 17.0 Å². The van der Waals surface area contributed by atoms with Crippen LogP contribution in [0.1, 0.15) is 31.7 Å². The van der Waals surface area contributed by atoms with E-state index in [1.165, 1.54) is 11.7 Å². The van der Waals surface area contributed by atoms with Crippen molar-refractivity contribution in [2.75, 3.05) is 7.11 Å². The lowest BCUT2D eigenvalue weighted by Gasteiger charge is -2.09. The highest BCUT2D eigenvalue weighted by Crippen LogP contribution is 2.45. The number of unbranched alkanes of at least 4 members (excludes halogenated alkanes) is 1. The summed E-state index contributed by atoms with van der Waals surface area (Å²) >= 11 is 11.0. The van der Waals surface area contributed by atoms with Gasteiger partial charge in [-0.25, -0.2) is 9.55 Å². The van der Waals surface area contributed by atoms with Crippen molar-refractivity contribution in [1.82, 2.24) is 9.55 Å². The molecule has 2 aliphatic carbocycles. The van der Waals surface area contributed by atoms with Gasteiger partial charge in [0.2, 0.25) is 0 Å². The van der Waals surface area contributed by atoms with Crippen molar-refractivity contribution in [3.05, 3.63) is 44.6 Å². The fourth-order valence-corrected chi connectivity index (χ4v) is 4.40. The summed E-state index contributed by atoms with van der Waals surface area (Å²) in [5.74, 6) is -0.202. The van der Waals surface area contributed by atoms with Crippen LogP contribution in [0.5, 0.6) is 0 Å². The van der Waals surface area contributed by atoms with Gasteiger partial charge in [-0.05, 0) is 30.2 Å². The maximum atomic E-state index is 12.6. The fraction of sp³-hybridized carbons (Fsp3) is 0.350. The number of rotatable bonds is 5. The number of fused-ring (bicyclic) bond motifs is 3. The molecule has 2 aromatic rings. The number of carbonyl (C=O) groups is 1. The molecule has 2 aromatic heterocycles. The molecule has 0 spiro atoms. The molecule has 2 heterocycles. The van der Waals surface area contributed by atoms with E-state index in [4.69, 9.17) is 11.6 Å². The molecule has 0 amide bonds. The van der Waals surface area contributed by atoms with Crippen molar-refractivity contribution in [3.8, 4) is 16.9 Å². The molecule has 5 nitrogen and oxygen atoms in total. The van der Waals surface area contributed by atoms with Crippen molar-refractivity contribution < 1.29 is 22.7 Å². The zero-order valence-electron chi connectivity index (χ0n) is 16.5. The average Bonchev–Trinajstić information content (AvgIpc) is 3.27. The summed E-state index contributed by atoms with van der Waals surface area (Å²) < 4.78 is 44.4. The van der Waals surface area contributed by atoms with Crippen molar-refractivity contribution in [2.24, 2.45) is 0 Å². The first-order valence-corrected chi connectivity index (χ1v) is 11.0. The molecule has 2 aliphatic rings. The summed E-state index contributed by atoms with van der Waals surface area (Å²) in [4.78, 5) is 26.2. The van der Waals surface area contributed by atoms with Gasteiger partial charge in [-0.1, -0.05) is 42.7 Å². The SMILES string of the molecule is CCCCC(S)C(=O)OC.O=c1sc2cc3cc-3c2n1-c1ncc(C(F)(F)F)cc1Cl. The van der Waals surface area contributed by atoms with Gasteiger partial charge in [0.25, 0.3) is 0 Å². The van der Waals surface area contributed by atoms with Crippen molar-refractivity contribution in [2.45, 2.75) is 37.6 Å². The molecule has 0 saturated heterocycles. The molecule has 1 unspecified atom stereocenters. The number of nitrogens with zero attached hydrogens (tertiary/aromatic N) is 2. The molecule has 0 radical (unpaired) electrons.